The number of hydrogen-bond donors (Lipinski definition) is 1. The van der Waals surface area contributed by atoms with Gasteiger partial charge >= 0.3 is 0 Å². The first kappa shape index (κ1) is 14.6. The highest BCUT2D eigenvalue weighted by molar-refractivity contribution is 7.80. The van der Waals surface area contributed by atoms with Gasteiger partial charge in [0.1, 0.15) is 4.70 Å². The highest BCUT2D eigenvalue weighted by atomic mass is 32.1. The summed E-state index contributed by atoms with van der Waals surface area (Å²) in [7, 11) is 0. The van der Waals surface area contributed by atoms with E-state index < -0.39 is 0 Å². The van der Waals surface area contributed by atoms with Crippen LogP contribution < -0.4 is 5.56 Å². The molecule has 0 saturated carbocycles. The molecule has 2 rings (SSSR count). The van der Waals surface area contributed by atoms with E-state index in [0.29, 0.717) is 12.5 Å². The molecule has 0 aliphatic rings. The Kier molecular flexibility index (Phi) is 4.06. The Morgan fingerprint density at radius 2 is 2.16 bits per heavy atom. The van der Waals surface area contributed by atoms with Crippen LogP contribution in [0.2, 0.25) is 0 Å². The molecule has 0 fully saturated rings. The number of nitrogens with zero attached hydrogens (tertiary/aromatic N) is 2. The first-order valence-electron chi connectivity index (χ1n) is 6.38. The second-order valence-corrected chi connectivity index (χ2v) is 7.29. The Labute approximate surface area is 123 Å². The van der Waals surface area contributed by atoms with Crippen LogP contribution in [0.25, 0.3) is 10.2 Å². The zero-order valence-electron chi connectivity index (χ0n) is 11.8. The predicted octanol–water partition coefficient (Wildman–Crippen LogP) is 3.36. The van der Waals surface area contributed by atoms with Crippen molar-refractivity contribution in [2.24, 2.45) is 11.3 Å². The number of aryl methyl sites for hydroxylation is 1. The number of thiophene rings is 1. The molecule has 0 radical (unpaired) electrons. The third kappa shape index (κ3) is 2.87. The van der Waals surface area contributed by atoms with Crippen molar-refractivity contribution in [1.29, 1.82) is 0 Å². The van der Waals surface area contributed by atoms with Crippen molar-refractivity contribution in [2.45, 2.75) is 34.2 Å². The van der Waals surface area contributed by atoms with Crippen molar-refractivity contribution in [1.82, 2.24) is 9.55 Å². The van der Waals surface area contributed by atoms with Gasteiger partial charge in [0.15, 0.2) is 0 Å². The molecule has 0 N–H and O–H groups in total. The minimum absolute atomic E-state index is 0.0686. The second kappa shape index (κ2) is 5.29. The maximum atomic E-state index is 12.4. The third-order valence-electron chi connectivity index (χ3n) is 3.59. The molecule has 2 heterocycles. The van der Waals surface area contributed by atoms with Gasteiger partial charge in [0.05, 0.1) is 11.8 Å². The maximum Gasteiger partial charge on any atom is 0.271 e. The van der Waals surface area contributed by atoms with Crippen LogP contribution in [0.5, 0.6) is 0 Å². The normalized spacial score (nSPS) is 13.9. The molecule has 0 amide bonds. The van der Waals surface area contributed by atoms with E-state index >= 15 is 0 Å². The van der Waals surface area contributed by atoms with E-state index in [1.165, 1.54) is 11.3 Å². The zero-order chi connectivity index (χ0) is 14.2. The molecule has 1 atom stereocenters. The molecule has 0 spiro atoms. The van der Waals surface area contributed by atoms with Gasteiger partial charge in [0.2, 0.25) is 0 Å². The molecule has 2 aromatic rings. The molecule has 0 aliphatic heterocycles. The van der Waals surface area contributed by atoms with Crippen LogP contribution in [-0.4, -0.2) is 15.3 Å². The first-order valence-corrected chi connectivity index (χ1v) is 7.90. The summed E-state index contributed by atoms with van der Waals surface area (Å²) in [5.41, 5.74) is 2.11. The van der Waals surface area contributed by atoms with E-state index in [4.69, 9.17) is 0 Å². The molecular formula is C14H20N2OS2. The highest BCUT2D eigenvalue weighted by Gasteiger charge is 2.24. The Hall–Kier alpha value is -0.810. The van der Waals surface area contributed by atoms with Crippen LogP contribution in [-0.2, 0) is 6.54 Å². The van der Waals surface area contributed by atoms with Crippen molar-refractivity contribution in [3.05, 3.63) is 27.6 Å². The SMILES string of the molecule is Cc1csc2c(=O)n(CC(CS)C(C)(C)C)cnc12. The van der Waals surface area contributed by atoms with E-state index in [2.05, 4.69) is 38.4 Å². The van der Waals surface area contributed by atoms with Crippen LogP contribution in [0.1, 0.15) is 26.3 Å². The molecule has 3 nitrogen and oxygen atoms in total. The van der Waals surface area contributed by atoms with E-state index in [9.17, 15) is 4.79 Å². The maximum absolute atomic E-state index is 12.4. The average Bonchev–Trinajstić information content (AvgIpc) is 2.69. The molecule has 0 aliphatic carbocycles. The van der Waals surface area contributed by atoms with Gasteiger partial charge in [-0.25, -0.2) is 4.98 Å². The van der Waals surface area contributed by atoms with Gasteiger partial charge in [-0.05, 0) is 35.0 Å². The Balaban J connectivity index is 2.41. The van der Waals surface area contributed by atoms with Gasteiger partial charge in [-0.15, -0.1) is 11.3 Å². The predicted molar refractivity (Wildman–Crippen MR) is 85.4 cm³/mol. The molecule has 104 valence electrons. The Morgan fingerprint density at radius 1 is 1.47 bits per heavy atom. The van der Waals surface area contributed by atoms with Crippen molar-refractivity contribution in [2.75, 3.05) is 5.75 Å². The smallest absolute Gasteiger partial charge is 0.271 e. The molecule has 1 unspecified atom stereocenters. The molecule has 0 saturated heterocycles. The summed E-state index contributed by atoms with van der Waals surface area (Å²) < 4.78 is 2.48. The van der Waals surface area contributed by atoms with Crippen LogP contribution in [0.4, 0.5) is 0 Å². The average molecular weight is 296 g/mol. The Morgan fingerprint density at radius 3 is 2.74 bits per heavy atom. The summed E-state index contributed by atoms with van der Waals surface area (Å²) in [4.78, 5) is 16.8. The zero-order valence-corrected chi connectivity index (χ0v) is 13.5. The molecule has 2 aromatic heterocycles. The molecule has 0 aromatic carbocycles. The van der Waals surface area contributed by atoms with Gasteiger partial charge in [0, 0.05) is 6.54 Å². The number of fused-ring (bicyclic) bond motifs is 1. The van der Waals surface area contributed by atoms with E-state index in [1.54, 1.807) is 10.9 Å². The van der Waals surface area contributed by atoms with Crippen LogP contribution >= 0.6 is 24.0 Å². The lowest BCUT2D eigenvalue weighted by molar-refractivity contribution is 0.236. The number of thiol groups is 1. The highest BCUT2D eigenvalue weighted by Crippen LogP contribution is 2.28. The monoisotopic (exact) mass is 296 g/mol. The fourth-order valence-corrected chi connectivity index (χ4v) is 3.65. The summed E-state index contributed by atoms with van der Waals surface area (Å²) in [6.45, 7) is 9.20. The van der Waals surface area contributed by atoms with E-state index in [-0.39, 0.29) is 11.0 Å². The third-order valence-corrected chi connectivity index (χ3v) is 5.10. The summed E-state index contributed by atoms with van der Waals surface area (Å²) in [6.07, 6.45) is 1.67. The lowest BCUT2D eigenvalue weighted by Crippen LogP contribution is -2.31. The van der Waals surface area contributed by atoms with E-state index in [0.717, 1.165) is 21.5 Å². The number of aromatic nitrogens is 2. The van der Waals surface area contributed by atoms with Crippen LogP contribution in [0.15, 0.2) is 16.5 Å². The quantitative estimate of drug-likeness (QED) is 0.881. The van der Waals surface area contributed by atoms with Crippen molar-refractivity contribution < 1.29 is 0 Å². The van der Waals surface area contributed by atoms with Crippen LogP contribution in [0, 0.1) is 18.3 Å². The Bertz CT molecular complexity index is 637. The van der Waals surface area contributed by atoms with E-state index in [1.807, 2.05) is 12.3 Å². The van der Waals surface area contributed by atoms with Gasteiger partial charge in [0.25, 0.3) is 5.56 Å². The fraction of sp³-hybridized carbons (Fsp3) is 0.571. The minimum Gasteiger partial charge on any atom is -0.298 e. The molecule has 5 heteroatoms. The largest absolute Gasteiger partial charge is 0.298 e. The molecular weight excluding hydrogens is 276 g/mol. The fourth-order valence-electron chi connectivity index (χ4n) is 2.03. The van der Waals surface area contributed by atoms with Gasteiger partial charge in [-0.3, -0.25) is 9.36 Å². The number of hydrogen-bond acceptors (Lipinski definition) is 4. The lowest BCUT2D eigenvalue weighted by atomic mass is 9.82. The summed E-state index contributed by atoms with van der Waals surface area (Å²) in [6, 6.07) is 0. The van der Waals surface area contributed by atoms with Gasteiger partial charge < -0.3 is 0 Å². The number of rotatable bonds is 3. The second-order valence-electron chi connectivity index (χ2n) is 6.04. The summed E-state index contributed by atoms with van der Waals surface area (Å²) in [5.74, 6) is 1.10. The lowest BCUT2D eigenvalue weighted by Gasteiger charge is -2.29. The molecule has 19 heavy (non-hydrogen) atoms. The summed E-state index contributed by atoms with van der Waals surface area (Å²) >= 11 is 5.90. The topological polar surface area (TPSA) is 34.9 Å². The standard InChI is InChI=1S/C14H20N2OS2/c1-9-7-19-12-11(9)15-8-16(13(12)17)5-10(6-18)14(2,3)4/h7-8,10,18H,5-6H2,1-4H3. The van der Waals surface area contributed by atoms with Crippen molar-refractivity contribution >= 4 is 34.2 Å². The summed E-state index contributed by atoms with van der Waals surface area (Å²) in [5, 5.41) is 1.99. The van der Waals surface area contributed by atoms with Crippen LogP contribution in [0.3, 0.4) is 0 Å². The van der Waals surface area contributed by atoms with Crippen molar-refractivity contribution in [3.63, 3.8) is 0 Å². The molecule has 0 bridgehead atoms. The van der Waals surface area contributed by atoms with Crippen molar-refractivity contribution in [3.8, 4) is 0 Å². The minimum atomic E-state index is 0.0686. The van der Waals surface area contributed by atoms with Gasteiger partial charge in [-0.2, -0.15) is 12.6 Å². The van der Waals surface area contributed by atoms with Gasteiger partial charge in [-0.1, -0.05) is 20.8 Å². The first-order chi connectivity index (χ1) is 8.84.